The average Bonchev–Trinajstić information content (AvgIpc) is 2.94. The fourth-order valence-corrected chi connectivity index (χ4v) is 4.94. The summed E-state index contributed by atoms with van der Waals surface area (Å²) >= 11 is 9.85. The van der Waals surface area contributed by atoms with Gasteiger partial charge in [-0.05, 0) is 43.0 Å². The van der Waals surface area contributed by atoms with Crippen molar-refractivity contribution in [1.29, 1.82) is 0 Å². The Hall–Kier alpha value is -3.36. The van der Waals surface area contributed by atoms with Crippen LogP contribution < -0.4 is 22.3 Å². The molecule has 4 rings (SSSR count). The van der Waals surface area contributed by atoms with E-state index < -0.39 is 11.9 Å². The van der Waals surface area contributed by atoms with Crippen LogP contribution in [0, 0.1) is 5.92 Å². The normalized spacial score (nSPS) is 17.0. The molecule has 7 nitrogen and oxygen atoms in total. The maximum absolute atomic E-state index is 13.6. The zero-order chi connectivity index (χ0) is 25.3. The van der Waals surface area contributed by atoms with Crippen molar-refractivity contribution in [3.8, 4) is 5.69 Å². The van der Waals surface area contributed by atoms with Crippen LogP contribution in [0.4, 0.5) is 0 Å². The molecule has 0 radical (unpaired) electrons. The predicted molar refractivity (Wildman–Crippen MR) is 145 cm³/mol. The zero-order valence-electron chi connectivity index (χ0n) is 19.3. The SMILES string of the molecule is CCC1C=C(C(=O)N[C@@H](C)c2cc3cccc(Cl)c3c(=O)n2-c2ccccc2)C(N)=NC(N)=C1Br. The average molecular weight is 555 g/mol. The lowest BCUT2D eigenvalue weighted by atomic mass is 10.0. The predicted octanol–water partition coefficient (Wildman–Crippen LogP) is 4.67. The van der Waals surface area contributed by atoms with Crippen LogP contribution in [-0.4, -0.2) is 16.3 Å². The molecular weight excluding hydrogens is 530 g/mol. The number of benzene rings is 2. The Kier molecular flexibility index (Phi) is 7.14. The summed E-state index contributed by atoms with van der Waals surface area (Å²) in [5, 5.41) is 4.45. The maximum Gasteiger partial charge on any atom is 0.264 e. The molecule has 0 saturated carbocycles. The number of nitrogens with two attached hydrogens (primary N) is 2. The first-order valence-electron chi connectivity index (χ1n) is 11.1. The second kappa shape index (κ2) is 10.1. The highest BCUT2D eigenvalue weighted by Crippen LogP contribution is 2.29. The molecule has 180 valence electrons. The largest absolute Gasteiger partial charge is 0.383 e. The number of amidine groups is 1. The van der Waals surface area contributed by atoms with Gasteiger partial charge in [0, 0.05) is 21.8 Å². The number of aliphatic imine (C=N–C) groups is 1. The molecule has 5 N–H and O–H groups in total. The number of rotatable bonds is 5. The standard InChI is InChI=1S/C26H25BrClN5O2/c1-3-15-12-18(23(29)32-24(30)22(15)27)25(34)31-14(2)20-13-16-8-7-11-19(28)21(16)26(35)33(20)17-9-5-4-6-10-17/h4-15H,3,30H2,1-2H3,(H2,29,32)(H,31,34)/t14-,15?/m0/s1. The minimum absolute atomic E-state index is 0.0332. The molecule has 2 aromatic carbocycles. The summed E-state index contributed by atoms with van der Waals surface area (Å²) in [5.74, 6) is -0.275. The number of amides is 1. The molecule has 35 heavy (non-hydrogen) atoms. The van der Waals surface area contributed by atoms with Crippen LogP contribution in [0.5, 0.6) is 0 Å². The first-order chi connectivity index (χ1) is 16.7. The molecule has 2 heterocycles. The van der Waals surface area contributed by atoms with E-state index in [1.54, 1.807) is 22.8 Å². The number of carbonyl (C=O) groups excluding carboxylic acids is 1. The number of nitrogens with one attached hydrogen (secondary N) is 1. The van der Waals surface area contributed by atoms with E-state index in [1.165, 1.54) is 0 Å². The van der Waals surface area contributed by atoms with Gasteiger partial charge in [-0.25, -0.2) is 4.99 Å². The second-order valence-electron chi connectivity index (χ2n) is 8.27. The Labute approximate surface area is 216 Å². The molecule has 0 bridgehead atoms. The fourth-order valence-electron chi connectivity index (χ4n) is 4.13. The monoisotopic (exact) mass is 553 g/mol. The Morgan fingerprint density at radius 3 is 2.60 bits per heavy atom. The van der Waals surface area contributed by atoms with Crippen molar-refractivity contribution >= 4 is 50.0 Å². The quantitative estimate of drug-likeness (QED) is 0.425. The summed E-state index contributed by atoms with van der Waals surface area (Å²) in [5.41, 5.74) is 13.4. The van der Waals surface area contributed by atoms with E-state index in [2.05, 4.69) is 26.2 Å². The number of nitrogens with zero attached hydrogens (tertiary/aromatic N) is 2. The number of carbonyl (C=O) groups is 1. The van der Waals surface area contributed by atoms with Crippen molar-refractivity contribution in [2.45, 2.75) is 26.3 Å². The molecule has 2 atom stereocenters. The number of para-hydroxylation sites is 1. The van der Waals surface area contributed by atoms with Gasteiger partial charge >= 0.3 is 0 Å². The fraction of sp³-hybridized carbons (Fsp3) is 0.192. The summed E-state index contributed by atoms with van der Waals surface area (Å²) in [4.78, 5) is 31.1. The Morgan fingerprint density at radius 1 is 1.20 bits per heavy atom. The lowest BCUT2D eigenvalue weighted by Crippen LogP contribution is -2.36. The van der Waals surface area contributed by atoms with Crippen LogP contribution in [0.25, 0.3) is 16.5 Å². The molecule has 0 aliphatic carbocycles. The number of halogens is 2. The van der Waals surface area contributed by atoms with Gasteiger partial charge in [-0.15, -0.1) is 0 Å². The van der Waals surface area contributed by atoms with E-state index in [4.69, 9.17) is 23.1 Å². The zero-order valence-corrected chi connectivity index (χ0v) is 21.6. The van der Waals surface area contributed by atoms with Gasteiger partial charge in [-0.3, -0.25) is 14.2 Å². The summed E-state index contributed by atoms with van der Waals surface area (Å²) in [6.07, 6.45) is 2.46. The van der Waals surface area contributed by atoms with Crippen molar-refractivity contribution in [2.75, 3.05) is 0 Å². The van der Waals surface area contributed by atoms with Gasteiger partial charge in [0.1, 0.15) is 11.7 Å². The van der Waals surface area contributed by atoms with E-state index in [1.807, 2.05) is 56.3 Å². The third-order valence-corrected chi connectivity index (χ3v) is 7.28. The van der Waals surface area contributed by atoms with Crippen LogP contribution in [-0.2, 0) is 4.79 Å². The highest BCUT2D eigenvalue weighted by atomic mass is 79.9. The molecule has 0 spiro atoms. The number of aromatic nitrogens is 1. The summed E-state index contributed by atoms with van der Waals surface area (Å²) in [6.45, 7) is 3.79. The third kappa shape index (κ3) is 4.76. The number of pyridine rings is 1. The van der Waals surface area contributed by atoms with Gasteiger partial charge in [-0.2, -0.15) is 0 Å². The van der Waals surface area contributed by atoms with Crippen molar-refractivity contribution in [3.05, 3.63) is 97.6 Å². The highest BCUT2D eigenvalue weighted by Gasteiger charge is 2.25. The Balaban J connectivity index is 1.79. The van der Waals surface area contributed by atoms with E-state index in [9.17, 15) is 9.59 Å². The van der Waals surface area contributed by atoms with E-state index in [-0.39, 0.29) is 28.7 Å². The van der Waals surface area contributed by atoms with Gasteiger partial charge in [-0.1, -0.05) is 70.9 Å². The second-order valence-corrected chi connectivity index (χ2v) is 9.53. The molecule has 1 aliphatic rings. The minimum Gasteiger partial charge on any atom is -0.383 e. The molecule has 3 aromatic rings. The van der Waals surface area contributed by atoms with Crippen molar-refractivity contribution in [1.82, 2.24) is 9.88 Å². The molecule has 1 aliphatic heterocycles. The molecule has 1 amide bonds. The maximum atomic E-state index is 13.6. The summed E-state index contributed by atoms with van der Waals surface area (Å²) in [7, 11) is 0. The van der Waals surface area contributed by atoms with Crippen molar-refractivity contribution in [3.63, 3.8) is 0 Å². The van der Waals surface area contributed by atoms with E-state index in [0.29, 0.717) is 38.1 Å². The number of fused-ring (bicyclic) bond motifs is 1. The number of hydrogen-bond acceptors (Lipinski definition) is 5. The van der Waals surface area contributed by atoms with Crippen molar-refractivity contribution in [2.24, 2.45) is 22.4 Å². The van der Waals surface area contributed by atoms with Crippen LogP contribution in [0.2, 0.25) is 5.02 Å². The molecule has 0 fully saturated rings. The lowest BCUT2D eigenvalue weighted by molar-refractivity contribution is -0.117. The number of allylic oxidation sites excluding steroid dienone is 2. The topological polar surface area (TPSA) is 116 Å². The Bertz CT molecular complexity index is 1460. The molecule has 0 saturated heterocycles. The first-order valence-corrected chi connectivity index (χ1v) is 12.3. The van der Waals surface area contributed by atoms with Gasteiger partial charge in [0.15, 0.2) is 0 Å². The summed E-state index contributed by atoms with van der Waals surface area (Å²) < 4.78 is 2.26. The lowest BCUT2D eigenvalue weighted by Gasteiger charge is -2.22. The molecule has 9 heteroatoms. The van der Waals surface area contributed by atoms with Gasteiger partial charge in [0.25, 0.3) is 11.5 Å². The van der Waals surface area contributed by atoms with E-state index >= 15 is 0 Å². The molecule has 1 unspecified atom stereocenters. The van der Waals surface area contributed by atoms with Crippen LogP contribution in [0.3, 0.4) is 0 Å². The van der Waals surface area contributed by atoms with Crippen LogP contribution >= 0.6 is 27.5 Å². The smallest absolute Gasteiger partial charge is 0.264 e. The summed E-state index contributed by atoms with van der Waals surface area (Å²) in [6, 6.07) is 15.8. The highest BCUT2D eigenvalue weighted by molar-refractivity contribution is 9.11. The Morgan fingerprint density at radius 2 is 1.91 bits per heavy atom. The van der Waals surface area contributed by atoms with Crippen LogP contribution in [0.15, 0.2) is 86.3 Å². The molecule has 1 aromatic heterocycles. The first kappa shape index (κ1) is 24.8. The van der Waals surface area contributed by atoms with E-state index in [0.717, 1.165) is 0 Å². The minimum atomic E-state index is -0.551. The van der Waals surface area contributed by atoms with Gasteiger partial charge in [0.2, 0.25) is 0 Å². The van der Waals surface area contributed by atoms with Gasteiger partial charge < -0.3 is 16.8 Å². The van der Waals surface area contributed by atoms with Crippen molar-refractivity contribution < 1.29 is 4.79 Å². The number of hydrogen-bond donors (Lipinski definition) is 3. The molecular formula is C26H25BrClN5O2. The van der Waals surface area contributed by atoms with Crippen LogP contribution in [0.1, 0.15) is 32.0 Å². The third-order valence-electron chi connectivity index (χ3n) is 5.97. The van der Waals surface area contributed by atoms with Gasteiger partial charge in [0.05, 0.1) is 22.0 Å².